The molecule has 0 saturated heterocycles. The summed E-state index contributed by atoms with van der Waals surface area (Å²) >= 11 is 0. The number of anilines is 1. The summed E-state index contributed by atoms with van der Waals surface area (Å²) in [5, 5.41) is 6.73. The molecule has 0 heterocycles. The van der Waals surface area contributed by atoms with E-state index in [1.807, 2.05) is 0 Å². The highest BCUT2D eigenvalue weighted by Crippen LogP contribution is 2.28. The van der Waals surface area contributed by atoms with Crippen molar-refractivity contribution in [2.24, 2.45) is 5.92 Å². The van der Waals surface area contributed by atoms with E-state index in [0.29, 0.717) is 17.5 Å². The Bertz CT molecular complexity index is 612. The lowest BCUT2D eigenvalue weighted by molar-refractivity contribution is -0.119. The summed E-state index contributed by atoms with van der Waals surface area (Å²) in [5.41, 5.74) is 1.20. The van der Waals surface area contributed by atoms with Gasteiger partial charge in [-0.05, 0) is 49.4 Å². The molecule has 2 aliphatic rings. The normalized spacial score (nSPS) is 19.8. The van der Waals surface area contributed by atoms with Gasteiger partial charge in [0.25, 0.3) is 0 Å². The first-order valence-electron chi connectivity index (χ1n) is 10.9. The molecular weight excluding hydrogens is 352 g/mol. The molecule has 1 atom stereocenters. The largest absolute Gasteiger partial charge is 0.465 e. The summed E-state index contributed by atoms with van der Waals surface area (Å²) in [6, 6.07) is 7.21. The number of rotatable bonds is 7. The molecule has 2 saturated carbocycles. The second-order valence-corrected chi connectivity index (χ2v) is 8.35. The van der Waals surface area contributed by atoms with Crippen molar-refractivity contribution < 1.29 is 14.3 Å². The summed E-state index contributed by atoms with van der Waals surface area (Å²) in [4.78, 5) is 24.6. The zero-order valence-electron chi connectivity index (χ0n) is 17.0. The molecule has 0 unspecified atom stereocenters. The summed E-state index contributed by atoms with van der Waals surface area (Å²) in [6.45, 7) is 0. The van der Waals surface area contributed by atoms with Gasteiger partial charge >= 0.3 is 5.97 Å². The van der Waals surface area contributed by atoms with Gasteiger partial charge in [0.2, 0.25) is 5.91 Å². The lowest BCUT2D eigenvalue weighted by atomic mass is 9.84. The number of ether oxygens (including phenoxy) is 1. The fourth-order valence-corrected chi connectivity index (χ4v) is 4.60. The molecule has 0 aliphatic heterocycles. The molecule has 0 radical (unpaired) electrons. The van der Waals surface area contributed by atoms with Crippen LogP contribution in [-0.4, -0.2) is 31.1 Å². The van der Waals surface area contributed by atoms with E-state index in [1.54, 1.807) is 24.3 Å². The highest BCUT2D eigenvalue weighted by molar-refractivity contribution is 5.95. The van der Waals surface area contributed by atoms with Crippen LogP contribution in [0.15, 0.2) is 24.3 Å². The van der Waals surface area contributed by atoms with E-state index in [1.165, 1.54) is 71.3 Å². The standard InChI is InChI=1S/C23H34N2O3/c1-28-23(27)18-12-14-20(15-13-18)25-22(26)21(16-17-8-4-2-5-9-17)24-19-10-6-3-7-11-19/h12-15,17,19,21,24H,2-11,16H2,1H3,(H,25,26)/t21-/m1/s1. The summed E-state index contributed by atoms with van der Waals surface area (Å²) in [7, 11) is 1.37. The van der Waals surface area contributed by atoms with Crippen LogP contribution in [0.1, 0.15) is 81.0 Å². The van der Waals surface area contributed by atoms with Gasteiger partial charge in [0, 0.05) is 11.7 Å². The molecule has 5 nitrogen and oxygen atoms in total. The van der Waals surface area contributed by atoms with E-state index in [9.17, 15) is 9.59 Å². The lowest BCUT2D eigenvalue weighted by Gasteiger charge is -2.31. The van der Waals surface area contributed by atoms with Gasteiger partial charge in [0.15, 0.2) is 0 Å². The Morgan fingerprint density at radius 1 is 0.964 bits per heavy atom. The van der Waals surface area contributed by atoms with E-state index in [-0.39, 0.29) is 17.9 Å². The van der Waals surface area contributed by atoms with E-state index in [0.717, 1.165) is 12.1 Å². The highest BCUT2D eigenvalue weighted by atomic mass is 16.5. The fraction of sp³-hybridized carbons (Fsp3) is 0.652. The van der Waals surface area contributed by atoms with Gasteiger partial charge in [-0.1, -0.05) is 51.4 Å². The molecule has 2 fully saturated rings. The molecule has 28 heavy (non-hydrogen) atoms. The number of carbonyl (C=O) groups is 2. The first-order valence-corrected chi connectivity index (χ1v) is 10.9. The maximum absolute atomic E-state index is 13.1. The minimum Gasteiger partial charge on any atom is -0.465 e. The molecule has 2 aliphatic carbocycles. The minimum absolute atomic E-state index is 0.0435. The van der Waals surface area contributed by atoms with Gasteiger partial charge in [0.1, 0.15) is 0 Å². The molecule has 0 spiro atoms. The number of methoxy groups -OCH3 is 1. The van der Waals surface area contributed by atoms with E-state index < -0.39 is 0 Å². The van der Waals surface area contributed by atoms with E-state index in [4.69, 9.17) is 4.74 Å². The van der Waals surface area contributed by atoms with Gasteiger partial charge in [-0.2, -0.15) is 0 Å². The van der Waals surface area contributed by atoms with Gasteiger partial charge < -0.3 is 15.4 Å². The number of nitrogens with one attached hydrogen (secondary N) is 2. The van der Waals surface area contributed by atoms with Crippen molar-refractivity contribution in [3.05, 3.63) is 29.8 Å². The van der Waals surface area contributed by atoms with Crippen molar-refractivity contribution in [2.45, 2.75) is 82.7 Å². The zero-order valence-corrected chi connectivity index (χ0v) is 17.0. The van der Waals surface area contributed by atoms with Crippen molar-refractivity contribution in [3.8, 4) is 0 Å². The van der Waals surface area contributed by atoms with Crippen LogP contribution in [0.5, 0.6) is 0 Å². The van der Waals surface area contributed by atoms with Crippen LogP contribution < -0.4 is 10.6 Å². The predicted octanol–water partition coefficient (Wildman–Crippen LogP) is 4.67. The van der Waals surface area contributed by atoms with Crippen LogP contribution in [0.3, 0.4) is 0 Å². The molecule has 2 N–H and O–H groups in total. The third-order valence-electron chi connectivity index (χ3n) is 6.23. The minimum atomic E-state index is -0.369. The molecule has 154 valence electrons. The van der Waals surface area contributed by atoms with Gasteiger partial charge in [-0.3, -0.25) is 4.79 Å². The third-order valence-corrected chi connectivity index (χ3v) is 6.23. The monoisotopic (exact) mass is 386 g/mol. The molecule has 0 aromatic heterocycles. The summed E-state index contributed by atoms with van der Waals surface area (Å²) in [5.74, 6) is 0.316. The average molecular weight is 387 g/mol. The van der Waals surface area contributed by atoms with Crippen molar-refractivity contribution in [1.82, 2.24) is 5.32 Å². The van der Waals surface area contributed by atoms with Crippen LogP contribution in [0.4, 0.5) is 5.69 Å². The van der Waals surface area contributed by atoms with Crippen molar-refractivity contribution in [3.63, 3.8) is 0 Å². The smallest absolute Gasteiger partial charge is 0.337 e. The van der Waals surface area contributed by atoms with Crippen LogP contribution in [-0.2, 0) is 9.53 Å². The molecule has 1 aromatic rings. The molecular formula is C23H34N2O3. The number of hydrogen-bond donors (Lipinski definition) is 2. The molecule has 3 rings (SSSR count). The first-order chi connectivity index (χ1) is 13.7. The van der Waals surface area contributed by atoms with Crippen molar-refractivity contribution >= 4 is 17.6 Å². The lowest BCUT2D eigenvalue weighted by Crippen LogP contribution is -2.47. The SMILES string of the molecule is COC(=O)c1ccc(NC(=O)[C@@H](CC2CCCCC2)NC2CCCCC2)cc1. The molecule has 0 bridgehead atoms. The second kappa shape index (κ2) is 10.6. The van der Waals surface area contributed by atoms with Crippen molar-refractivity contribution in [1.29, 1.82) is 0 Å². The Hall–Kier alpha value is -1.88. The number of carbonyl (C=O) groups excluding carboxylic acids is 2. The second-order valence-electron chi connectivity index (χ2n) is 8.35. The van der Waals surface area contributed by atoms with Gasteiger partial charge in [-0.15, -0.1) is 0 Å². The highest BCUT2D eigenvalue weighted by Gasteiger charge is 2.27. The van der Waals surface area contributed by atoms with Crippen molar-refractivity contribution in [2.75, 3.05) is 12.4 Å². The molecule has 5 heteroatoms. The summed E-state index contributed by atoms with van der Waals surface area (Å²) < 4.78 is 4.73. The average Bonchev–Trinajstić information content (AvgIpc) is 2.74. The number of esters is 1. The quantitative estimate of drug-likeness (QED) is 0.668. The summed E-state index contributed by atoms with van der Waals surface area (Å²) in [6.07, 6.45) is 13.5. The Labute approximate surface area is 168 Å². The van der Waals surface area contributed by atoms with Crippen LogP contribution in [0.2, 0.25) is 0 Å². The van der Waals surface area contributed by atoms with Crippen LogP contribution >= 0.6 is 0 Å². The Kier molecular flexibility index (Phi) is 7.90. The van der Waals surface area contributed by atoms with Crippen LogP contribution in [0, 0.1) is 5.92 Å². The topological polar surface area (TPSA) is 67.4 Å². The first kappa shape index (κ1) is 20.8. The van der Waals surface area contributed by atoms with Gasteiger partial charge in [-0.25, -0.2) is 4.79 Å². The fourth-order valence-electron chi connectivity index (χ4n) is 4.60. The van der Waals surface area contributed by atoms with Gasteiger partial charge in [0.05, 0.1) is 18.7 Å². The van der Waals surface area contributed by atoms with Crippen LogP contribution in [0.25, 0.3) is 0 Å². The Morgan fingerprint density at radius 2 is 1.57 bits per heavy atom. The number of hydrogen-bond acceptors (Lipinski definition) is 4. The third kappa shape index (κ3) is 6.06. The van der Waals surface area contributed by atoms with E-state index >= 15 is 0 Å². The van der Waals surface area contributed by atoms with E-state index in [2.05, 4.69) is 10.6 Å². The maximum atomic E-state index is 13.1. The number of benzene rings is 1. The Morgan fingerprint density at radius 3 is 2.18 bits per heavy atom. The molecule has 1 aromatic carbocycles. The predicted molar refractivity (Wildman–Crippen MR) is 111 cm³/mol. The maximum Gasteiger partial charge on any atom is 0.337 e. The zero-order chi connectivity index (χ0) is 19.8. The Balaban J connectivity index is 1.63. The number of amides is 1. The molecule has 1 amide bonds.